The van der Waals surface area contributed by atoms with Crippen LogP contribution in [-0.4, -0.2) is 17.3 Å². The Morgan fingerprint density at radius 3 is 2.56 bits per heavy atom. The van der Waals surface area contributed by atoms with E-state index in [0.717, 1.165) is 12.8 Å². The van der Waals surface area contributed by atoms with Crippen LogP contribution in [0.5, 0.6) is 0 Å². The highest BCUT2D eigenvalue weighted by Gasteiger charge is 2.47. The van der Waals surface area contributed by atoms with Crippen LogP contribution in [0.2, 0.25) is 0 Å². The monoisotopic (exact) mass is 246 g/mol. The van der Waals surface area contributed by atoms with Gasteiger partial charge in [0.2, 0.25) is 0 Å². The average molecular weight is 246 g/mol. The zero-order valence-corrected chi connectivity index (χ0v) is 10.8. The van der Waals surface area contributed by atoms with Gasteiger partial charge in [0.15, 0.2) is 0 Å². The van der Waals surface area contributed by atoms with Crippen LogP contribution >= 0.6 is 0 Å². The topological polar surface area (TPSA) is 29.5 Å². The number of rotatable bonds is 3. The molecule has 0 radical (unpaired) electrons. The highest BCUT2D eigenvalue weighted by atomic mass is 16.5. The van der Waals surface area contributed by atoms with Gasteiger partial charge in [0.25, 0.3) is 0 Å². The molecular weight excluding hydrogens is 224 g/mol. The molecule has 0 amide bonds. The van der Waals surface area contributed by atoms with Gasteiger partial charge in [-0.25, -0.2) is 0 Å². The van der Waals surface area contributed by atoms with E-state index in [4.69, 9.17) is 4.74 Å². The van der Waals surface area contributed by atoms with Gasteiger partial charge in [-0.1, -0.05) is 43.2 Å². The Balaban J connectivity index is 1.83. The van der Waals surface area contributed by atoms with Crippen LogP contribution < -0.4 is 0 Å². The van der Waals surface area contributed by atoms with Crippen molar-refractivity contribution in [3.63, 3.8) is 0 Å². The molecule has 1 aliphatic carbocycles. The lowest BCUT2D eigenvalue weighted by Crippen LogP contribution is -2.23. The fourth-order valence-electron chi connectivity index (χ4n) is 3.74. The summed E-state index contributed by atoms with van der Waals surface area (Å²) >= 11 is 0. The molecule has 0 unspecified atom stereocenters. The van der Waals surface area contributed by atoms with E-state index in [1.807, 2.05) is 6.07 Å². The van der Waals surface area contributed by atoms with E-state index < -0.39 is 0 Å². The molecule has 2 atom stereocenters. The lowest BCUT2D eigenvalue weighted by atomic mass is 9.86. The van der Waals surface area contributed by atoms with Crippen molar-refractivity contribution in [1.82, 2.24) is 0 Å². The number of hydrogen-bond donors (Lipinski definition) is 1. The highest BCUT2D eigenvalue weighted by Crippen LogP contribution is 2.52. The summed E-state index contributed by atoms with van der Waals surface area (Å²) in [7, 11) is 0. The first-order valence-electron chi connectivity index (χ1n) is 7.17. The summed E-state index contributed by atoms with van der Waals surface area (Å²) < 4.78 is 6.45. The number of ether oxygens (including phenoxy) is 1. The first-order chi connectivity index (χ1) is 8.83. The molecule has 1 saturated carbocycles. The summed E-state index contributed by atoms with van der Waals surface area (Å²) in [5.41, 5.74) is 1.40. The van der Waals surface area contributed by atoms with Gasteiger partial charge in [-0.2, -0.15) is 0 Å². The summed E-state index contributed by atoms with van der Waals surface area (Å²) in [6, 6.07) is 10.5. The maximum Gasteiger partial charge on any atom is 0.0862 e. The fraction of sp³-hybridized carbons (Fsp3) is 0.625. The van der Waals surface area contributed by atoms with Crippen molar-refractivity contribution in [3.05, 3.63) is 35.9 Å². The normalized spacial score (nSPS) is 30.1. The minimum absolute atomic E-state index is 0.125. The number of aliphatic hydroxyl groups is 1. The summed E-state index contributed by atoms with van der Waals surface area (Å²) in [6.07, 6.45) is 7.20. The third-order valence-electron chi connectivity index (χ3n) is 4.58. The van der Waals surface area contributed by atoms with Crippen LogP contribution in [0.4, 0.5) is 0 Å². The molecule has 2 heteroatoms. The SMILES string of the molecule is OCC[C@@H]1CC2(CCCC2)O[C@H]1c1ccccc1. The lowest BCUT2D eigenvalue weighted by Gasteiger charge is -2.23. The van der Waals surface area contributed by atoms with Gasteiger partial charge in [0.1, 0.15) is 0 Å². The zero-order valence-electron chi connectivity index (χ0n) is 10.8. The summed E-state index contributed by atoms with van der Waals surface area (Å²) in [5, 5.41) is 9.27. The van der Waals surface area contributed by atoms with Gasteiger partial charge in [0.05, 0.1) is 11.7 Å². The molecule has 1 aliphatic heterocycles. The third kappa shape index (κ3) is 2.19. The molecule has 1 N–H and O–H groups in total. The fourth-order valence-corrected chi connectivity index (χ4v) is 3.74. The first-order valence-corrected chi connectivity index (χ1v) is 7.17. The van der Waals surface area contributed by atoms with Gasteiger partial charge >= 0.3 is 0 Å². The number of hydrogen-bond acceptors (Lipinski definition) is 2. The Kier molecular flexibility index (Phi) is 3.40. The van der Waals surface area contributed by atoms with Gasteiger partial charge in [-0.3, -0.25) is 0 Å². The van der Waals surface area contributed by atoms with Crippen LogP contribution in [0, 0.1) is 5.92 Å². The average Bonchev–Trinajstić information content (AvgIpc) is 3.00. The van der Waals surface area contributed by atoms with E-state index in [1.165, 1.54) is 31.2 Å². The lowest BCUT2D eigenvalue weighted by molar-refractivity contribution is -0.0429. The van der Waals surface area contributed by atoms with Gasteiger partial charge in [0, 0.05) is 6.61 Å². The molecule has 1 aromatic rings. The van der Waals surface area contributed by atoms with Crippen LogP contribution in [0.15, 0.2) is 30.3 Å². The Labute approximate surface area is 109 Å². The van der Waals surface area contributed by atoms with E-state index >= 15 is 0 Å². The Bertz CT molecular complexity index is 381. The molecule has 1 spiro atoms. The molecule has 2 fully saturated rings. The summed E-state index contributed by atoms with van der Waals surface area (Å²) in [5.74, 6) is 0.482. The highest BCUT2D eigenvalue weighted by molar-refractivity contribution is 5.20. The van der Waals surface area contributed by atoms with Crippen molar-refractivity contribution in [2.24, 2.45) is 5.92 Å². The van der Waals surface area contributed by atoms with Crippen molar-refractivity contribution in [1.29, 1.82) is 0 Å². The predicted molar refractivity (Wildman–Crippen MR) is 71.3 cm³/mol. The Morgan fingerprint density at radius 2 is 1.89 bits per heavy atom. The maximum atomic E-state index is 9.27. The molecule has 2 aliphatic rings. The molecule has 0 bridgehead atoms. The number of aliphatic hydroxyl groups excluding tert-OH is 1. The smallest absolute Gasteiger partial charge is 0.0862 e. The van der Waals surface area contributed by atoms with E-state index in [9.17, 15) is 5.11 Å². The van der Waals surface area contributed by atoms with E-state index in [0.29, 0.717) is 5.92 Å². The van der Waals surface area contributed by atoms with Crippen molar-refractivity contribution in [2.45, 2.75) is 50.2 Å². The first kappa shape index (κ1) is 12.2. The summed E-state index contributed by atoms with van der Waals surface area (Å²) in [4.78, 5) is 0. The van der Waals surface area contributed by atoms with Crippen molar-refractivity contribution in [3.8, 4) is 0 Å². The maximum absolute atomic E-state index is 9.27. The van der Waals surface area contributed by atoms with E-state index in [2.05, 4.69) is 24.3 Å². The minimum Gasteiger partial charge on any atom is -0.396 e. The largest absolute Gasteiger partial charge is 0.396 e. The quantitative estimate of drug-likeness (QED) is 0.885. The second-order valence-electron chi connectivity index (χ2n) is 5.82. The molecular formula is C16H22O2. The van der Waals surface area contributed by atoms with Crippen LogP contribution in [0.25, 0.3) is 0 Å². The summed E-state index contributed by atoms with van der Waals surface area (Å²) in [6.45, 7) is 0.271. The van der Waals surface area contributed by atoms with Gasteiger partial charge in [-0.15, -0.1) is 0 Å². The van der Waals surface area contributed by atoms with Gasteiger partial charge in [-0.05, 0) is 37.2 Å². The van der Waals surface area contributed by atoms with E-state index in [1.54, 1.807) is 0 Å². The van der Waals surface area contributed by atoms with Crippen molar-refractivity contribution < 1.29 is 9.84 Å². The van der Waals surface area contributed by atoms with Crippen LogP contribution in [0.3, 0.4) is 0 Å². The van der Waals surface area contributed by atoms with Gasteiger partial charge < -0.3 is 9.84 Å². The zero-order chi connectivity index (χ0) is 12.4. The Morgan fingerprint density at radius 1 is 1.17 bits per heavy atom. The van der Waals surface area contributed by atoms with E-state index in [-0.39, 0.29) is 18.3 Å². The molecule has 1 aromatic carbocycles. The number of benzene rings is 1. The standard InChI is InChI=1S/C16H22O2/c17-11-8-14-12-16(9-4-5-10-16)18-15(14)13-6-2-1-3-7-13/h1-3,6-7,14-15,17H,4-5,8-12H2/t14-,15+/m1/s1. The second-order valence-corrected chi connectivity index (χ2v) is 5.82. The van der Waals surface area contributed by atoms with Crippen molar-refractivity contribution >= 4 is 0 Å². The molecule has 1 saturated heterocycles. The third-order valence-corrected chi connectivity index (χ3v) is 4.58. The predicted octanol–water partition coefficient (Wildman–Crippen LogP) is 3.46. The molecule has 1 heterocycles. The molecule has 2 nitrogen and oxygen atoms in total. The van der Waals surface area contributed by atoms with Crippen molar-refractivity contribution in [2.75, 3.05) is 6.61 Å². The molecule has 18 heavy (non-hydrogen) atoms. The minimum atomic E-state index is 0.125. The second kappa shape index (κ2) is 5.02. The molecule has 98 valence electrons. The Hall–Kier alpha value is -0.860. The molecule has 3 rings (SSSR count). The van der Waals surface area contributed by atoms with Crippen LogP contribution in [0.1, 0.15) is 50.2 Å². The van der Waals surface area contributed by atoms with Crippen LogP contribution in [-0.2, 0) is 4.74 Å². The molecule has 0 aromatic heterocycles.